The molecule has 0 unspecified atom stereocenters. The second-order valence-corrected chi connectivity index (χ2v) is 7.11. The van der Waals surface area contributed by atoms with Crippen LogP contribution >= 0.6 is 11.3 Å². The van der Waals surface area contributed by atoms with Gasteiger partial charge in [0.1, 0.15) is 0 Å². The molecule has 122 valence electrons. The van der Waals surface area contributed by atoms with Crippen LogP contribution in [0.4, 0.5) is 5.69 Å². The third-order valence-electron chi connectivity index (χ3n) is 4.67. The van der Waals surface area contributed by atoms with Crippen molar-refractivity contribution in [1.29, 1.82) is 0 Å². The van der Waals surface area contributed by atoms with Gasteiger partial charge in [0.05, 0.1) is 21.8 Å². The minimum atomic E-state index is -0.0456. The summed E-state index contributed by atoms with van der Waals surface area (Å²) in [6.45, 7) is 3.92. The molecule has 3 aromatic rings. The summed E-state index contributed by atoms with van der Waals surface area (Å²) in [6, 6.07) is 14.2. The van der Waals surface area contributed by atoms with Crippen LogP contribution in [0.1, 0.15) is 17.5 Å². The van der Waals surface area contributed by atoms with Gasteiger partial charge in [0.25, 0.3) is 0 Å². The highest BCUT2D eigenvalue weighted by Crippen LogP contribution is 2.25. The van der Waals surface area contributed by atoms with E-state index in [1.165, 1.54) is 11.1 Å². The van der Waals surface area contributed by atoms with Gasteiger partial charge in [-0.1, -0.05) is 24.3 Å². The molecule has 24 heavy (non-hydrogen) atoms. The lowest BCUT2D eigenvalue weighted by atomic mass is 9.99. The van der Waals surface area contributed by atoms with E-state index in [4.69, 9.17) is 0 Å². The number of hydrogen-bond acceptors (Lipinski definition) is 4. The van der Waals surface area contributed by atoms with E-state index in [0.29, 0.717) is 0 Å². The van der Waals surface area contributed by atoms with E-state index in [0.717, 1.165) is 35.4 Å². The van der Waals surface area contributed by atoms with Gasteiger partial charge in [0.15, 0.2) is 0 Å². The Morgan fingerprint density at radius 1 is 1.33 bits per heavy atom. The Labute approximate surface area is 145 Å². The zero-order valence-electron chi connectivity index (χ0n) is 13.5. The van der Waals surface area contributed by atoms with Gasteiger partial charge < -0.3 is 5.32 Å². The summed E-state index contributed by atoms with van der Waals surface area (Å²) in [5, 5.41) is 3.04. The number of amides is 1. The molecule has 2 aromatic carbocycles. The molecule has 0 saturated carbocycles. The van der Waals surface area contributed by atoms with Crippen molar-refractivity contribution in [3.05, 3.63) is 59.1 Å². The number of rotatable bonds is 4. The third-order valence-corrected chi connectivity index (χ3v) is 5.48. The van der Waals surface area contributed by atoms with Crippen molar-refractivity contribution in [3.63, 3.8) is 0 Å². The van der Waals surface area contributed by atoms with E-state index in [2.05, 4.69) is 40.3 Å². The zero-order chi connectivity index (χ0) is 16.5. The number of nitrogens with zero attached hydrogens (tertiary/aromatic N) is 2. The van der Waals surface area contributed by atoms with E-state index in [-0.39, 0.29) is 11.9 Å². The minimum Gasteiger partial charge on any atom is -0.325 e. The van der Waals surface area contributed by atoms with Crippen LogP contribution in [0.25, 0.3) is 10.2 Å². The highest BCUT2D eigenvalue weighted by Gasteiger charge is 2.34. The summed E-state index contributed by atoms with van der Waals surface area (Å²) in [5.74, 6) is 0.0735. The molecular weight excluding hydrogens is 318 g/mol. The van der Waals surface area contributed by atoms with E-state index in [1.54, 1.807) is 11.3 Å². The number of carbonyl (C=O) groups excluding carboxylic acids is 1. The molecule has 0 bridgehead atoms. The first-order valence-corrected chi connectivity index (χ1v) is 9.01. The van der Waals surface area contributed by atoms with E-state index >= 15 is 0 Å². The third kappa shape index (κ3) is 2.92. The quantitative estimate of drug-likeness (QED) is 0.787. The molecule has 0 radical (unpaired) electrons. The van der Waals surface area contributed by atoms with Gasteiger partial charge in [-0.15, -0.1) is 11.3 Å². The largest absolute Gasteiger partial charge is 0.325 e. The topological polar surface area (TPSA) is 45.2 Å². The molecule has 1 aromatic heterocycles. The average molecular weight is 337 g/mol. The number of anilines is 1. The Balaban J connectivity index is 1.43. The molecule has 1 N–H and O–H groups in total. The van der Waals surface area contributed by atoms with Crippen molar-refractivity contribution < 1.29 is 4.79 Å². The number of aryl methyl sites for hydroxylation is 1. The summed E-state index contributed by atoms with van der Waals surface area (Å²) in [5.41, 5.74) is 6.15. The number of hydrogen-bond donors (Lipinski definition) is 1. The number of aromatic nitrogens is 1. The monoisotopic (exact) mass is 337 g/mol. The Kier molecular flexibility index (Phi) is 4.04. The molecule has 1 amide bonds. The van der Waals surface area contributed by atoms with Crippen LogP contribution in [0.3, 0.4) is 0 Å². The van der Waals surface area contributed by atoms with Crippen LogP contribution in [-0.4, -0.2) is 28.4 Å². The number of benzene rings is 2. The molecule has 0 spiro atoms. The Morgan fingerprint density at radius 3 is 3.00 bits per heavy atom. The van der Waals surface area contributed by atoms with Gasteiger partial charge in [-0.25, -0.2) is 4.98 Å². The second-order valence-electron chi connectivity index (χ2n) is 6.23. The molecule has 4 nitrogen and oxygen atoms in total. The molecule has 1 aliphatic heterocycles. The first kappa shape index (κ1) is 15.3. The summed E-state index contributed by atoms with van der Waals surface area (Å²) in [6.07, 6.45) is 0.913. The molecule has 1 saturated heterocycles. The van der Waals surface area contributed by atoms with Crippen LogP contribution < -0.4 is 5.32 Å². The van der Waals surface area contributed by atoms with Gasteiger partial charge in [-0.2, -0.15) is 0 Å². The molecule has 2 heterocycles. The Bertz CT molecular complexity index is 889. The summed E-state index contributed by atoms with van der Waals surface area (Å²) in [7, 11) is 0. The van der Waals surface area contributed by atoms with E-state index < -0.39 is 0 Å². The van der Waals surface area contributed by atoms with Crippen molar-refractivity contribution in [3.8, 4) is 0 Å². The fraction of sp³-hybridized carbons (Fsp3) is 0.263. The van der Waals surface area contributed by atoms with Crippen molar-refractivity contribution in [1.82, 2.24) is 9.88 Å². The van der Waals surface area contributed by atoms with Gasteiger partial charge >= 0.3 is 0 Å². The molecular formula is C19H19N3OS. The summed E-state index contributed by atoms with van der Waals surface area (Å²) >= 11 is 1.61. The summed E-state index contributed by atoms with van der Waals surface area (Å²) < 4.78 is 1.14. The standard InChI is InChI=1S/C19H19N3OS/c1-13-4-2-3-5-14(13)11-22-9-8-17(22)19(23)21-15-6-7-18-16(10-15)20-12-24-18/h2-7,10,12,17H,8-9,11H2,1H3,(H,21,23)/t17-/m0/s1. The van der Waals surface area contributed by atoms with Crippen molar-refractivity contribution in [2.75, 3.05) is 11.9 Å². The molecule has 1 atom stereocenters. The minimum absolute atomic E-state index is 0.0456. The van der Waals surface area contributed by atoms with Gasteiger partial charge in [-0.05, 0) is 42.7 Å². The first-order valence-electron chi connectivity index (χ1n) is 8.13. The fourth-order valence-corrected chi connectivity index (χ4v) is 3.75. The number of thiazole rings is 1. The van der Waals surface area contributed by atoms with Crippen LogP contribution in [0, 0.1) is 6.92 Å². The normalized spacial score (nSPS) is 17.6. The predicted molar refractivity (Wildman–Crippen MR) is 98.2 cm³/mol. The Hall–Kier alpha value is -2.24. The Morgan fingerprint density at radius 2 is 2.21 bits per heavy atom. The fourth-order valence-electron chi connectivity index (χ4n) is 3.09. The van der Waals surface area contributed by atoms with Crippen molar-refractivity contribution >= 4 is 33.1 Å². The number of carbonyl (C=O) groups is 1. The second kappa shape index (κ2) is 6.34. The maximum absolute atomic E-state index is 12.6. The lowest BCUT2D eigenvalue weighted by Gasteiger charge is -2.40. The molecule has 5 heteroatoms. The smallest absolute Gasteiger partial charge is 0.241 e. The number of likely N-dealkylation sites (tertiary alicyclic amines) is 1. The maximum atomic E-state index is 12.6. The van der Waals surface area contributed by atoms with Crippen LogP contribution in [-0.2, 0) is 11.3 Å². The highest BCUT2D eigenvalue weighted by molar-refractivity contribution is 7.16. The average Bonchev–Trinajstić information content (AvgIpc) is 3.00. The zero-order valence-corrected chi connectivity index (χ0v) is 14.3. The SMILES string of the molecule is Cc1ccccc1CN1CC[C@H]1C(=O)Nc1ccc2scnc2c1. The van der Waals surface area contributed by atoms with Crippen molar-refractivity contribution in [2.45, 2.75) is 25.9 Å². The van der Waals surface area contributed by atoms with Crippen molar-refractivity contribution in [2.24, 2.45) is 0 Å². The molecule has 1 aliphatic rings. The van der Waals surface area contributed by atoms with Gasteiger partial charge in [0.2, 0.25) is 5.91 Å². The maximum Gasteiger partial charge on any atom is 0.241 e. The van der Waals surface area contributed by atoms with Gasteiger partial charge in [0, 0.05) is 18.8 Å². The van der Waals surface area contributed by atoms with Crippen LogP contribution in [0.15, 0.2) is 48.0 Å². The summed E-state index contributed by atoms with van der Waals surface area (Å²) in [4.78, 5) is 19.1. The molecule has 1 fully saturated rings. The van der Waals surface area contributed by atoms with Crippen LogP contribution in [0.2, 0.25) is 0 Å². The number of nitrogens with one attached hydrogen (secondary N) is 1. The van der Waals surface area contributed by atoms with E-state index in [1.807, 2.05) is 29.8 Å². The van der Waals surface area contributed by atoms with Crippen LogP contribution in [0.5, 0.6) is 0 Å². The first-order chi connectivity index (χ1) is 11.7. The lowest BCUT2D eigenvalue weighted by molar-refractivity contribution is -0.125. The highest BCUT2D eigenvalue weighted by atomic mass is 32.1. The predicted octanol–water partition coefficient (Wildman–Crippen LogP) is 3.82. The lowest BCUT2D eigenvalue weighted by Crippen LogP contribution is -2.53. The molecule has 4 rings (SSSR count). The molecule has 0 aliphatic carbocycles. The van der Waals surface area contributed by atoms with Gasteiger partial charge in [-0.3, -0.25) is 9.69 Å². The van der Waals surface area contributed by atoms with E-state index in [9.17, 15) is 4.79 Å². The number of fused-ring (bicyclic) bond motifs is 1.